The minimum absolute atomic E-state index is 0.0666. The quantitative estimate of drug-likeness (QED) is 0.722. The molecule has 142 valence electrons. The largest absolute Gasteiger partial charge is 0.478 e. The highest BCUT2D eigenvalue weighted by Gasteiger charge is 2.17. The molecule has 0 bridgehead atoms. The number of anilines is 1. The molecule has 8 nitrogen and oxygen atoms in total. The molecule has 27 heavy (non-hydrogen) atoms. The lowest BCUT2D eigenvalue weighted by Gasteiger charge is -2.22. The molecule has 1 fully saturated rings. The van der Waals surface area contributed by atoms with Crippen LogP contribution >= 0.6 is 0 Å². The Labute approximate surface area is 156 Å². The summed E-state index contributed by atoms with van der Waals surface area (Å²) in [6, 6.07) is 6.10. The molecule has 1 aromatic carbocycles. The van der Waals surface area contributed by atoms with Crippen LogP contribution in [0.5, 0.6) is 0 Å². The molecule has 0 radical (unpaired) electrons. The van der Waals surface area contributed by atoms with Crippen LogP contribution in [-0.2, 0) is 11.3 Å². The third-order valence-corrected chi connectivity index (χ3v) is 4.56. The van der Waals surface area contributed by atoms with Gasteiger partial charge < -0.3 is 15.7 Å². The molecule has 1 aliphatic rings. The van der Waals surface area contributed by atoms with Crippen molar-refractivity contribution in [2.75, 3.05) is 5.32 Å². The molecular weight excluding hydrogens is 348 g/mol. The molecule has 3 rings (SSSR count). The van der Waals surface area contributed by atoms with Crippen molar-refractivity contribution in [1.29, 1.82) is 0 Å². The predicted octanol–water partition coefficient (Wildman–Crippen LogP) is 2.28. The summed E-state index contributed by atoms with van der Waals surface area (Å²) in [4.78, 5) is 35.2. The van der Waals surface area contributed by atoms with Crippen molar-refractivity contribution in [3.8, 4) is 0 Å². The van der Waals surface area contributed by atoms with Gasteiger partial charge in [-0.25, -0.2) is 4.79 Å². The second-order valence-corrected chi connectivity index (χ2v) is 6.67. The number of aromatic nitrogens is 2. The second-order valence-electron chi connectivity index (χ2n) is 6.67. The fourth-order valence-electron chi connectivity index (χ4n) is 3.13. The van der Waals surface area contributed by atoms with Crippen molar-refractivity contribution >= 4 is 23.5 Å². The van der Waals surface area contributed by atoms with Crippen LogP contribution in [0.1, 0.15) is 52.8 Å². The molecule has 0 saturated heterocycles. The number of rotatable bonds is 6. The maximum absolute atomic E-state index is 12.3. The van der Waals surface area contributed by atoms with Crippen LogP contribution in [0, 0.1) is 0 Å². The first-order chi connectivity index (χ1) is 13.0. The molecule has 3 N–H and O–H groups in total. The van der Waals surface area contributed by atoms with Gasteiger partial charge in [0.15, 0.2) is 0 Å². The normalized spacial score (nSPS) is 14.5. The molecule has 1 heterocycles. The number of aromatic carboxylic acids is 1. The van der Waals surface area contributed by atoms with Gasteiger partial charge in [-0.1, -0.05) is 19.3 Å². The Morgan fingerprint density at radius 1 is 1.07 bits per heavy atom. The van der Waals surface area contributed by atoms with E-state index in [1.54, 1.807) is 0 Å². The van der Waals surface area contributed by atoms with Crippen LogP contribution in [0.2, 0.25) is 0 Å². The summed E-state index contributed by atoms with van der Waals surface area (Å²) in [5, 5.41) is 18.6. The first kappa shape index (κ1) is 18.6. The van der Waals surface area contributed by atoms with Gasteiger partial charge in [0, 0.05) is 17.9 Å². The molecular formula is C19H22N4O4. The van der Waals surface area contributed by atoms with Crippen LogP contribution in [0.25, 0.3) is 0 Å². The van der Waals surface area contributed by atoms with Crippen molar-refractivity contribution in [1.82, 2.24) is 15.1 Å². The molecule has 0 atom stereocenters. The molecule has 1 aliphatic carbocycles. The highest BCUT2D eigenvalue weighted by Crippen LogP contribution is 2.17. The maximum atomic E-state index is 12.3. The monoisotopic (exact) mass is 370 g/mol. The van der Waals surface area contributed by atoms with Crippen LogP contribution in [-0.4, -0.2) is 38.7 Å². The summed E-state index contributed by atoms with van der Waals surface area (Å²) >= 11 is 0. The number of hydrogen-bond acceptors (Lipinski definition) is 4. The van der Waals surface area contributed by atoms with Crippen LogP contribution in [0.3, 0.4) is 0 Å². The van der Waals surface area contributed by atoms with Crippen LogP contribution < -0.4 is 10.6 Å². The van der Waals surface area contributed by atoms with Crippen LogP contribution in [0.4, 0.5) is 5.69 Å². The highest BCUT2D eigenvalue weighted by atomic mass is 16.4. The lowest BCUT2D eigenvalue weighted by molar-refractivity contribution is -0.122. The molecule has 8 heteroatoms. The van der Waals surface area contributed by atoms with E-state index >= 15 is 0 Å². The average Bonchev–Trinajstić information content (AvgIpc) is 3.11. The molecule has 1 aromatic heterocycles. The smallest absolute Gasteiger partial charge is 0.335 e. The minimum Gasteiger partial charge on any atom is -0.478 e. The van der Waals surface area contributed by atoms with Crippen molar-refractivity contribution in [3.05, 3.63) is 47.8 Å². The summed E-state index contributed by atoms with van der Waals surface area (Å²) in [7, 11) is 0. The van der Waals surface area contributed by atoms with Gasteiger partial charge in [0.05, 0.1) is 17.3 Å². The van der Waals surface area contributed by atoms with E-state index in [1.807, 2.05) is 0 Å². The van der Waals surface area contributed by atoms with Gasteiger partial charge in [-0.3, -0.25) is 14.3 Å². The van der Waals surface area contributed by atoms with Gasteiger partial charge in [0.2, 0.25) is 5.91 Å². The minimum atomic E-state index is -1.03. The fraction of sp³-hybridized carbons (Fsp3) is 0.368. The number of nitrogens with one attached hydrogen (secondary N) is 2. The summed E-state index contributed by atoms with van der Waals surface area (Å²) in [5.41, 5.74) is 0.945. The van der Waals surface area contributed by atoms with Crippen molar-refractivity contribution in [2.24, 2.45) is 0 Å². The molecule has 2 amide bonds. The number of benzene rings is 1. The summed E-state index contributed by atoms with van der Waals surface area (Å²) in [6.45, 7) is 0.0666. The zero-order valence-corrected chi connectivity index (χ0v) is 14.9. The number of carboxylic acids is 1. The first-order valence-electron chi connectivity index (χ1n) is 8.98. The van der Waals surface area contributed by atoms with E-state index in [4.69, 9.17) is 5.11 Å². The van der Waals surface area contributed by atoms with Gasteiger partial charge in [-0.15, -0.1) is 0 Å². The highest BCUT2D eigenvalue weighted by molar-refractivity contribution is 6.04. The number of carbonyl (C=O) groups is 3. The number of amides is 2. The van der Waals surface area contributed by atoms with Gasteiger partial charge >= 0.3 is 5.97 Å². The lowest BCUT2D eigenvalue weighted by atomic mass is 9.95. The van der Waals surface area contributed by atoms with E-state index in [9.17, 15) is 14.4 Å². The molecule has 0 aliphatic heterocycles. The molecule has 2 aromatic rings. The standard InChI is InChI=1S/C19H22N4O4/c24-17(21-15-4-2-1-3-5-15)12-23-11-14(10-20-23)18(25)22-16-8-6-13(7-9-16)19(26)27/h6-11,15H,1-5,12H2,(H,21,24)(H,22,25)(H,26,27). The third-order valence-electron chi connectivity index (χ3n) is 4.56. The zero-order chi connectivity index (χ0) is 19.2. The Kier molecular flexibility index (Phi) is 5.85. The predicted molar refractivity (Wildman–Crippen MR) is 98.6 cm³/mol. The molecule has 0 unspecified atom stereocenters. The second kappa shape index (κ2) is 8.48. The number of carboxylic acid groups (broad SMARTS) is 1. The third kappa shape index (κ3) is 5.16. The Morgan fingerprint density at radius 3 is 2.44 bits per heavy atom. The van der Waals surface area contributed by atoms with E-state index in [0.29, 0.717) is 11.3 Å². The van der Waals surface area contributed by atoms with E-state index in [0.717, 1.165) is 25.7 Å². The first-order valence-corrected chi connectivity index (χ1v) is 8.98. The Balaban J connectivity index is 1.53. The van der Waals surface area contributed by atoms with Gasteiger partial charge in [-0.05, 0) is 37.1 Å². The van der Waals surface area contributed by atoms with Crippen molar-refractivity contribution < 1.29 is 19.5 Å². The van der Waals surface area contributed by atoms with Crippen molar-refractivity contribution in [2.45, 2.75) is 44.7 Å². The lowest BCUT2D eigenvalue weighted by Crippen LogP contribution is -2.38. The summed E-state index contributed by atoms with van der Waals surface area (Å²) < 4.78 is 1.43. The van der Waals surface area contributed by atoms with Gasteiger partial charge in [-0.2, -0.15) is 5.10 Å². The maximum Gasteiger partial charge on any atom is 0.335 e. The number of carbonyl (C=O) groups excluding carboxylic acids is 2. The summed E-state index contributed by atoms with van der Waals surface area (Å²) in [5.74, 6) is -1.51. The number of nitrogens with zero attached hydrogens (tertiary/aromatic N) is 2. The fourth-order valence-corrected chi connectivity index (χ4v) is 3.13. The zero-order valence-electron chi connectivity index (χ0n) is 14.9. The average molecular weight is 370 g/mol. The topological polar surface area (TPSA) is 113 Å². The Bertz CT molecular complexity index is 822. The summed E-state index contributed by atoms with van der Waals surface area (Å²) in [6.07, 6.45) is 8.45. The molecule has 0 spiro atoms. The van der Waals surface area contributed by atoms with Gasteiger partial charge in [0.1, 0.15) is 6.54 Å². The van der Waals surface area contributed by atoms with Gasteiger partial charge in [0.25, 0.3) is 5.91 Å². The Hall–Kier alpha value is -3.16. The van der Waals surface area contributed by atoms with E-state index < -0.39 is 5.97 Å². The SMILES string of the molecule is O=C(Cn1cc(C(=O)Nc2ccc(C(=O)O)cc2)cn1)NC1CCCCC1. The molecule has 1 saturated carbocycles. The Morgan fingerprint density at radius 2 is 1.78 bits per heavy atom. The van der Waals surface area contributed by atoms with E-state index in [-0.39, 0.29) is 30.0 Å². The van der Waals surface area contributed by atoms with E-state index in [2.05, 4.69) is 15.7 Å². The van der Waals surface area contributed by atoms with Crippen LogP contribution in [0.15, 0.2) is 36.7 Å². The van der Waals surface area contributed by atoms with Crippen molar-refractivity contribution in [3.63, 3.8) is 0 Å². The number of hydrogen-bond donors (Lipinski definition) is 3. The van der Waals surface area contributed by atoms with E-state index in [1.165, 1.54) is 47.8 Å².